The lowest BCUT2D eigenvalue weighted by Crippen LogP contribution is -2.31. The number of methoxy groups -OCH3 is 1. The maximum atomic E-state index is 13.0. The van der Waals surface area contributed by atoms with Crippen LogP contribution in [0, 0.1) is 6.92 Å². The Balaban J connectivity index is 1.44. The van der Waals surface area contributed by atoms with Crippen LogP contribution in [-0.2, 0) is 28.2 Å². The summed E-state index contributed by atoms with van der Waals surface area (Å²) in [5.74, 6) is -0.971. The van der Waals surface area contributed by atoms with E-state index in [0.717, 1.165) is 0 Å². The predicted octanol–water partition coefficient (Wildman–Crippen LogP) is 5.70. The molecular formula is C31H33N3O6S. The van der Waals surface area contributed by atoms with Crippen molar-refractivity contribution in [2.24, 2.45) is 7.05 Å². The summed E-state index contributed by atoms with van der Waals surface area (Å²) in [6, 6.07) is 14.6. The number of ether oxygens (including phenoxy) is 2. The summed E-state index contributed by atoms with van der Waals surface area (Å²) in [7, 11) is -1.22. The Bertz CT molecular complexity index is 2030. The molecule has 9 nitrogen and oxygen atoms in total. The van der Waals surface area contributed by atoms with Crippen molar-refractivity contribution >= 4 is 38.6 Å². The van der Waals surface area contributed by atoms with Gasteiger partial charge in [-0.1, -0.05) is 24.3 Å². The van der Waals surface area contributed by atoms with Crippen LogP contribution in [0.3, 0.4) is 0 Å². The molecule has 1 heterocycles. The van der Waals surface area contributed by atoms with E-state index in [1.54, 1.807) is 42.9 Å². The van der Waals surface area contributed by atoms with Gasteiger partial charge in [0.05, 0.1) is 13.4 Å². The molecule has 10 heteroatoms. The number of sulfonamides is 1. The number of carbonyl (C=O) groups excluding carboxylic acids is 2. The van der Waals surface area contributed by atoms with Gasteiger partial charge in [0.2, 0.25) is 0 Å². The number of carbonyl (C=O) groups is 2. The normalized spacial score (nSPS) is 19.8. The first-order valence-electron chi connectivity index (χ1n) is 16.1. The van der Waals surface area contributed by atoms with Crippen molar-refractivity contribution in [1.82, 2.24) is 9.29 Å². The third-order valence-electron chi connectivity index (χ3n) is 6.47. The first-order chi connectivity index (χ1) is 22.2. The summed E-state index contributed by atoms with van der Waals surface area (Å²) in [4.78, 5) is 25.7. The number of nitrogens with zero attached hydrogens (tertiary/aromatic N) is 1. The summed E-state index contributed by atoms with van der Waals surface area (Å²) in [6.07, 6.45) is -10.2. The Morgan fingerprint density at radius 1 is 1.10 bits per heavy atom. The van der Waals surface area contributed by atoms with E-state index < -0.39 is 47.2 Å². The lowest BCUT2D eigenvalue weighted by Gasteiger charge is -2.13. The molecule has 1 fully saturated rings. The monoisotopic (exact) mass is 582 g/mol. The summed E-state index contributed by atoms with van der Waals surface area (Å²) < 4.78 is 98.7. The maximum Gasteiger partial charge on any atom is 0.411 e. The SMILES string of the molecule is [2H]C([2H])(c1ccc(C(=O)NS(=O)(=O)c2ccccc2C)cc1OC)c1cn(C)c2ccc(NC(=O)OC3([2H])C([2H])([2H])CCC3([2H])[2H])cc12. The molecule has 4 aromatic rings. The van der Waals surface area contributed by atoms with E-state index in [2.05, 4.69) is 5.32 Å². The van der Waals surface area contributed by atoms with Crippen LogP contribution in [0.25, 0.3) is 10.9 Å². The maximum absolute atomic E-state index is 13.0. The van der Waals surface area contributed by atoms with E-state index in [9.17, 15) is 18.0 Å². The fourth-order valence-corrected chi connectivity index (χ4v) is 5.69. The zero-order chi connectivity index (χ0) is 35.4. The summed E-state index contributed by atoms with van der Waals surface area (Å²) in [6.45, 7) is 1.60. The first kappa shape index (κ1) is 20.5. The van der Waals surface area contributed by atoms with Gasteiger partial charge in [0.1, 0.15) is 11.8 Å². The molecule has 41 heavy (non-hydrogen) atoms. The van der Waals surface area contributed by atoms with Gasteiger partial charge >= 0.3 is 6.09 Å². The third kappa shape index (κ3) is 6.22. The average molecular weight is 583 g/mol. The van der Waals surface area contributed by atoms with Gasteiger partial charge in [0, 0.05) is 50.0 Å². The largest absolute Gasteiger partial charge is 0.496 e. The van der Waals surface area contributed by atoms with Crippen molar-refractivity contribution in [3.05, 3.63) is 89.1 Å². The summed E-state index contributed by atoms with van der Waals surface area (Å²) in [5.41, 5.74) is 1.22. The highest BCUT2D eigenvalue weighted by Crippen LogP contribution is 2.30. The number of hydrogen-bond acceptors (Lipinski definition) is 6. The Morgan fingerprint density at radius 3 is 2.59 bits per heavy atom. The Hall–Kier alpha value is -4.31. The highest BCUT2D eigenvalue weighted by atomic mass is 32.2. The fourth-order valence-electron chi connectivity index (χ4n) is 4.47. The number of aromatic nitrogens is 1. The number of benzene rings is 3. The minimum atomic E-state index is -4.20. The number of anilines is 1. The second kappa shape index (κ2) is 11.7. The molecule has 1 aliphatic carbocycles. The molecule has 1 aromatic heterocycles. The van der Waals surface area contributed by atoms with E-state index >= 15 is 0 Å². The van der Waals surface area contributed by atoms with Gasteiger partial charge in [-0.15, -0.1) is 0 Å². The molecule has 5 rings (SSSR count). The minimum absolute atomic E-state index is 0.0235. The van der Waals surface area contributed by atoms with Crippen LogP contribution in [0.15, 0.2) is 71.8 Å². The standard InChI is InChI=1S/C31H33N3O6S/c1-20-8-4-7-11-29(20)41(37,38)33-30(35)22-13-12-21(28(17-22)39-3)16-23-19-34(2)27-15-14-24(18-26(23)27)32-31(36)40-25-9-5-6-10-25/h4,7-8,11-15,17-19,25H,5-6,9-10,16H2,1-3H3,(H,32,36)(H,33,35)/i9D2,10D2,16D2,25D. The van der Waals surface area contributed by atoms with E-state index in [0.29, 0.717) is 16.5 Å². The van der Waals surface area contributed by atoms with Crippen molar-refractivity contribution < 1.29 is 37.1 Å². The van der Waals surface area contributed by atoms with Crippen molar-refractivity contribution in [3.63, 3.8) is 0 Å². The molecule has 1 saturated carbocycles. The third-order valence-corrected chi connectivity index (χ3v) is 7.96. The molecule has 0 radical (unpaired) electrons. The minimum Gasteiger partial charge on any atom is -0.496 e. The predicted molar refractivity (Wildman–Crippen MR) is 157 cm³/mol. The fraction of sp³-hybridized carbons (Fsp3) is 0.290. The van der Waals surface area contributed by atoms with Crippen LogP contribution in [0.2, 0.25) is 0 Å². The molecule has 0 saturated heterocycles. The molecule has 3 aromatic carbocycles. The van der Waals surface area contributed by atoms with Gasteiger partial charge in [-0.25, -0.2) is 17.9 Å². The van der Waals surface area contributed by atoms with Gasteiger partial charge in [-0.05, 0) is 85.6 Å². The topological polar surface area (TPSA) is 116 Å². The number of rotatable bonds is 8. The molecule has 0 bridgehead atoms. The number of amides is 2. The Labute approximate surface area is 249 Å². The van der Waals surface area contributed by atoms with E-state index in [4.69, 9.17) is 19.1 Å². The molecule has 2 amide bonds. The quantitative estimate of drug-likeness (QED) is 0.276. The number of fused-ring (bicyclic) bond motifs is 1. The summed E-state index contributed by atoms with van der Waals surface area (Å²) in [5, 5.41) is 2.76. The zero-order valence-electron chi connectivity index (χ0n) is 29.6. The van der Waals surface area contributed by atoms with Gasteiger partial charge in [-0.3, -0.25) is 10.1 Å². The molecule has 0 spiro atoms. The van der Waals surface area contributed by atoms with E-state index in [1.165, 1.54) is 49.6 Å². The Morgan fingerprint density at radius 2 is 1.85 bits per heavy atom. The molecule has 0 unspecified atom stereocenters. The van der Waals surface area contributed by atoms with Crippen LogP contribution >= 0.6 is 0 Å². The lowest BCUT2D eigenvalue weighted by atomic mass is 10.0. The zero-order valence-corrected chi connectivity index (χ0v) is 23.4. The molecule has 2 N–H and O–H groups in total. The van der Waals surface area contributed by atoms with Crippen molar-refractivity contribution in [1.29, 1.82) is 0 Å². The smallest absolute Gasteiger partial charge is 0.411 e. The van der Waals surface area contributed by atoms with Gasteiger partial charge in [0.25, 0.3) is 15.9 Å². The van der Waals surface area contributed by atoms with Crippen LogP contribution in [-0.4, -0.2) is 38.2 Å². The number of nitrogens with one attached hydrogen (secondary N) is 2. The molecule has 1 aliphatic rings. The second-order valence-electron chi connectivity index (χ2n) is 9.32. The first-order valence-corrected chi connectivity index (χ1v) is 14.1. The average Bonchev–Trinajstić information content (AvgIpc) is 3.42. The molecule has 0 aliphatic heterocycles. The van der Waals surface area contributed by atoms with Crippen molar-refractivity contribution in [3.8, 4) is 5.75 Å². The molecular weight excluding hydrogens is 542 g/mol. The van der Waals surface area contributed by atoms with Crippen LogP contribution in [0.4, 0.5) is 10.5 Å². The van der Waals surface area contributed by atoms with Crippen LogP contribution in [0.1, 0.15) is 62.2 Å². The Kier molecular flexibility index (Phi) is 5.84. The van der Waals surface area contributed by atoms with Crippen LogP contribution < -0.4 is 14.8 Å². The highest BCUT2D eigenvalue weighted by molar-refractivity contribution is 7.90. The lowest BCUT2D eigenvalue weighted by molar-refractivity contribution is 0.0980. The van der Waals surface area contributed by atoms with Gasteiger partial charge in [-0.2, -0.15) is 0 Å². The number of hydrogen-bond donors (Lipinski definition) is 2. The van der Waals surface area contributed by atoms with Gasteiger partial charge in [0.15, 0.2) is 0 Å². The number of aryl methyl sites for hydroxylation is 2. The highest BCUT2D eigenvalue weighted by Gasteiger charge is 2.22. The second-order valence-corrected chi connectivity index (χ2v) is 11.0. The van der Waals surface area contributed by atoms with E-state index in [1.807, 2.05) is 4.72 Å². The summed E-state index contributed by atoms with van der Waals surface area (Å²) >= 11 is 0. The van der Waals surface area contributed by atoms with Crippen LogP contribution in [0.5, 0.6) is 5.75 Å². The molecule has 214 valence electrons. The van der Waals surface area contributed by atoms with Crippen molar-refractivity contribution in [2.45, 2.75) is 49.9 Å². The van der Waals surface area contributed by atoms with Gasteiger partial charge < -0.3 is 14.0 Å². The van der Waals surface area contributed by atoms with Crippen molar-refractivity contribution in [2.75, 3.05) is 12.4 Å². The molecule has 0 atom stereocenters. The van der Waals surface area contributed by atoms with E-state index in [-0.39, 0.29) is 45.9 Å².